The molecule has 68 valence electrons. The van der Waals surface area contributed by atoms with Gasteiger partial charge in [-0.3, -0.25) is 0 Å². The second kappa shape index (κ2) is 3.68. The van der Waals surface area contributed by atoms with E-state index in [-0.39, 0.29) is 0 Å². The van der Waals surface area contributed by atoms with Crippen LogP contribution in [0.4, 0.5) is 0 Å². The van der Waals surface area contributed by atoms with E-state index in [0.29, 0.717) is 5.92 Å². The lowest BCUT2D eigenvalue weighted by Crippen LogP contribution is -2.26. The molecule has 2 rings (SSSR count). The molecular formula is C10H11NS2. The minimum atomic E-state index is 0.515. The van der Waals surface area contributed by atoms with E-state index in [9.17, 15) is 0 Å². The first-order chi connectivity index (χ1) is 6.25. The molecule has 0 saturated heterocycles. The van der Waals surface area contributed by atoms with Crippen LogP contribution in [0.5, 0.6) is 0 Å². The maximum Gasteiger partial charge on any atom is 0.0901 e. The fraction of sp³-hybridized carbons (Fsp3) is 0.300. The van der Waals surface area contributed by atoms with E-state index in [1.165, 1.54) is 4.91 Å². The van der Waals surface area contributed by atoms with Crippen LogP contribution < -0.4 is 5.32 Å². The van der Waals surface area contributed by atoms with Crippen LogP contribution in [0.2, 0.25) is 0 Å². The average molecular weight is 209 g/mol. The van der Waals surface area contributed by atoms with Crippen LogP contribution in [0.1, 0.15) is 6.92 Å². The quantitative estimate of drug-likeness (QED) is 0.616. The van der Waals surface area contributed by atoms with Gasteiger partial charge in [0.25, 0.3) is 0 Å². The van der Waals surface area contributed by atoms with Gasteiger partial charge in [-0.05, 0) is 18.1 Å². The zero-order valence-corrected chi connectivity index (χ0v) is 9.04. The van der Waals surface area contributed by atoms with Crippen molar-refractivity contribution in [1.29, 1.82) is 0 Å². The molecule has 1 heterocycles. The number of hydrogen-bond donors (Lipinski definition) is 1. The summed E-state index contributed by atoms with van der Waals surface area (Å²) in [4.78, 5) is 2.23. The van der Waals surface area contributed by atoms with E-state index in [0.717, 1.165) is 16.4 Å². The van der Waals surface area contributed by atoms with Crippen LogP contribution in [0.15, 0.2) is 34.9 Å². The first kappa shape index (κ1) is 9.03. The largest absolute Gasteiger partial charge is 0.348 e. The third-order valence-corrected chi connectivity index (χ3v) is 3.55. The molecule has 13 heavy (non-hydrogen) atoms. The third-order valence-electron chi connectivity index (χ3n) is 2.02. The van der Waals surface area contributed by atoms with Crippen LogP contribution >= 0.6 is 24.0 Å². The zero-order chi connectivity index (χ0) is 9.26. The van der Waals surface area contributed by atoms with E-state index < -0.39 is 0 Å². The highest BCUT2D eigenvalue weighted by Crippen LogP contribution is 2.27. The summed E-state index contributed by atoms with van der Waals surface area (Å²) < 4.78 is 0. The predicted molar refractivity (Wildman–Crippen MR) is 62.7 cm³/mol. The van der Waals surface area contributed by atoms with Crippen molar-refractivity contribution in [2.24, 2.45) is 5.92 Å². The minimum absolute atomic E-state index is 0.515. The monoisotopic (exact) mass is 209 g/mol. The fourth-order valence-corrected chi connectivity index (χ4v) is 2.38. The van der Waals surface area contributed by atoms with Crippen molar-refractivity contribution in [3.8, 4) is 0 Å². The summed E-state index contributed by atoms with van der Waals surface area (Å²) in [5.41, 5.74) is 1.15. The topological polar surface area (TPSA) is 12.0 Å². The summed E-state index contributed by atoms with van der Waals surface area (Å²) in [5, 5.41) is 3.23. The van der Waals surface area contributed by atoms with Crippen LogP contribution in [0.3, 0.4) is 0 Å². The Labute approximate surface area is 88.0 Å². The molecule has 1 unspecified atom stereocenters. The molecule has 0 spiro atoms. The average Bonchev–Trinajstić information content (AvgIpc) is 2.29. The van der Waals surface area contributed by atoms with Gasteiger partial charge >= 0.3 is 0 Å². The molecule has 1 aliphatic carbocycles. The van der Waals surface area contributed by atoms with E-state index in [1.54, 1.807) is 0 Å². The van der Waals surface area contributed by atoms with Gasteiger partial charge < -0.3 is 5.32 Å². The predicted octanol–water partition coefficient (Wildman–Crippen LogP) is 2.62. The number of thioether (sulfide) groups is 1. The van der Waals surface area contributed by atoms with Crippen molar-refractivity contribution >= 4 is 29.0 Å². The molecule has 1 N–H and O–H groups in total. The zero-order valence-electron chi connectivity index (χ0n) is 7.41. The molecular weight excluding hydrogens is 198 g/mol. The van der Waals surface area contributed by atoms with E-state index in [1.807, 2.05) is 11.8 Å². The molecule has 0 fully saturated rings. The summed E-state index contributed by atoms with van der Waals surface area (Å²) in [5.74, 6) is 1.42. The Morgan fingerprint density at radius 1 is 1.46 bits per heavy atom. The molecule has 1 aliphatic heterocycles. The van der Waals surface area contributed by atoms with Crippen LogP contribution in [0, 0.1) is 5.92 Å². The Bertz CT molecular complexity index is 326. The van der Waals surface area contributed by atoms with Crippen LogP contribution in [0.25, 0.3) is 0 Å². The van der Waals surface area contributed by atoms with Crippen molar-refractivity contribution in [2.75, 3.05) is 5.75 Å². The molecule has 0 amide bonds. The van der Waals surface area contributed by atoms with Gasteiger partial charge in [-0.1, -0.05) is 31.3 Å². The van der Waals surface area contributed by atoms with Crippen molar-refractivity contribution in [3.05, 3.63) is 34.9 Å². The SMILES string of the molecule is CC1C=CC2=C(C=C1)SCC(=S)N2. The van der Waals surface area contributed by atoms with Gasteiger partial charge in [0.1, 0.15) is 0 Å². The molecule has 0 aromatic carbocycles. The third kappa shape index (κ3) is 2.03. The number of allylic oxidation sites excluding steroid dienone is 4. The maximum absolute atomic E-state index is 5.12. The Hall–Kier alpha value is -0.540. The Morgan fingerprint density at radius 3 is 3.08 bits per heavy atom. The van der Waals surface area contributed by atoms with Gasteiger partial charge in [-0.15, -0.1) is 11.8 Å². The highest BCUT2D eigenvalue weighted by Gasteiger charge is 2.13. The lowest BCUT2D eigenvalue weighted by molar-refractivity contribution is 0.940. The van der Waals surface area contributed by atoms with Crippen LogP contribution in [-0.2, 0) is 0 Å². The molecule has 0 radical (unpaired) electrons. The van der Waals surface area contributed by atoms with Gasteiger partial charge in [0.2, 0.25) is 0 Å². The molecule has 3 heteroatoms. The fourth-order valence-electron chi connectivity index (χ4n) is 1.28. The first-order valence-electron chi connectivity index (χ1n) is 4.29. The summed E-state index contributed by atoms with van der Waals surface area (Å²) in [7, 11) is 0. The standard InChI is InChI=1S/C10H11NS2/c1-7-2-4-8-9(5-3-7)13-6-10(12)11-8/h2-5,7H,6H2,1H3,(H,11,12). The van der Waals surface area contributed by atoms with Crippen molar-refractivity contribution < 1.29 is 0 Å². The van der Waals surface area contributed by atoms with Gasteiger partial charge in [0.15, 0.2) is 0 Å². The molecule has 0 saturated carbocycles. The van der Waals surface area contributed by atoms with Crippen molar-refractivity contribution in [3.63, 3.8) is 0 Å². The Morgan fingerprint density at radius 2 is 2.23 bits per heavy atom. The first-order valence-corrected chi connectivity index (χ1v) is 5.68. The molecule has 2 aliphatic rings. The highest BCUT2D eigenvalue weighted by atomic mass is 32.2. The highest BCUT2D eigenvalue weighted by molar-refractivity contribution is 8.04. The van der Waals surface area contributed by atoms with Gasteiger partial charge in [0, 0.05) is 10.7 Å². The molecule has 0 aromatic heterocycles. The lowest BCUT2D eigenvalue weighted by atomic mass is 10.2. The summed E-state index contributed by atoms with van der Waals surface area (Å²) in [6, 6.07) is 0. The van der Waals surface area contributed by atoms with Crippen molar-refractivity contribution in [2.45, 2.75) is 6.92 Å². The normalized spacial score (nSPS) is 26.8. The van der Waals surface area contributed by atoms with E-state index >= 15 is 0 Å². The summed E-state index contributed by atoms with van der Waals surface area (Å²) in [6.07, 6.45) is 8.69. The summed E-state index contributed by atoms with van der Waals surface area (Å²) >= 11 is 6.93. The minimum Gasteiger partial charge on any atom is -0.348 e. The number of rotatable bonds is 0. The van der Waals surface area contributed by atoms with Gasteiger partial charge in [-0.2, -0.15) is 0 Å². The number of thiocarbonyl (C=S) groups is 1. The Kier molecular flexibility index (Phi) is 2.56. The van der Waals surface area contributed by atoms with Crippen molar-refractivity contribution in [1.82, 2.24) is 5.32 Å². The molecule has 1 atom stereocenters. The number of nitrogens with one attached hydrogen (secondary N) is 1. The molecule has 1 nitrogen and oxygen atoms in total. The van der Waals surface area contributed by atoms with Gasteiger partial charge in [-0.25, -0.2) is 0 Å². The molecule has 0 aromatic rings. The van der Waals surface area contributed by atoms with Gasteiger partial charge in [0.05, 0.1) is 10.7 Å². The Balaban J connectivity index is 2.31. The lowest BCUT2D eigenvalue weighted by Gasteiger charge is -2.17. The second-order valence-corrected chi connectivity index (χ2v) is 4.70. The smallest absolute Gasteiger partial charge is 0.0901 e. The maximum atomic E-state index is 5.12. The second-order valence-electron chi connectivity index (χ2n) is 3.19. The molecule has 0 bridgehead atoms. The number of hydrogen-bond acceptors (Lipinski definition) is 2. The van der Waals surface area contributed by atoms with E-state index in [2.05, 4.69) is 36.5 Å². The van der Waals surface area contributed by atoms with E-state index in [4.69, 9.17) is 12.2 Å². The van der Waals surface area contributed by atoms with Crippen LogP contribution in [-0.4, -0.2) is 10.7 Å². The summed E-state index contributed by atoms with van der Waals surface area (Å²) in [6.45, 7) is 2.18.